The Balaban J connectivity index is 0.000000905. The van der Waals surface area contributed by atoms with Crippen molar-refractivity contribution >= 4 is 23.5 Å². The molecule has 0 saturated carbocycles. The molecule has 0 bridgehead atoms. The van der Waals surface area contributed by atoms with Crippen molar-refractivity contribution in [3.8, 4) is 11.5 Å². The number of ether oxygens (including phenoxy) is 4. The van der Waals surface area contributed by atoms with E-state index in [0.29, 0.717) is 87.1 Å². The number of aliphatic hydroxyl groups is 2. The lowest BCUT2D eigenvalue weighted by Crippen LogP contribution is -2.31. The predicted octanol–water partition coefficient (Wildman–Crippen LogP) is 5.60. The Morgan fingerprint density at radius 2 is 0.982 bits per heavy atom. The maximum atomic E-state index is 11.9. The van der Waals surface area contributed by atoms with Crippen molar-refractivity contribution in [2.75, 3.05) is 52.6 Å². The van der Waals surface area contributed by atoms with Crippen molar-refractivity contribution in [3.05, 3.63) is 70.8 Å². The smallest absolute Gasteiger partial charge is 0.328 e. The molecule has 0 amide bonds. The van der Waals surface area contributed by atoms with Gasteiger partial charge in [0.15, 0.2) is 11.6 Å². The number of nitrogens with one attached hydrogen (secondary N) is 2. The summed E-state index contributed by atoms with van der Waals surface area (Å²) >= 11 is 0. The fourth-order valence-corrected chi connectivity index (χ4v) is 4.60. The van der Waals surface area contributed by atoms with E-state index < -0.39 is 24.1 Å². The molecule has 0 aliphatic heterocycles. The Labute approximate surface area is 332 Å². The Morgan fingerprint density at radius 1 is 0.607 bits per heavy atom. The largest absolute Gasteiger partial charge is 0.490 e. The summed E-state index contributed by atoms with van der Waals surface area (Å²) in [6.07, 6.45) is 4.84. The van der Waals surface area contributed by atoms with E-state index in [4.69, 9.17) is 29.2 Å². The van der Waals surface area contributed by atoms with Crippen molar-refractivity contribution in [3.63, 3.8) is 0 Å². The van der Waals surface area contributed by atoms with Gasteiger partial charge in [0.05, 0.1) is 13.2 Å². The van der Waals surface area contributed by atoms with E-state index in [1.54, 1.807) is 24.3 Å². The Morgan fingerprint density at radius 3 is 1.29 bits per heavy atom. The first kappa shape index (κ1) is 51.8. The molecule has 14 nitrogen and oxygen atoms in total. The summed E-state index contributed by atoms with van der Waals surface area (Å²) in [6, 6.07) is 10.8. The quantitative estimate of drug-likeness (QED) is 0.0352. The summed E-state index contributed by atoms with van der Waals surface area (Å²) in [5.41, 5.74) is 3.03. The lowest BCUT2D eigenvalue weighted by molar-refractivity contribution is -0.134. The highest BCUT2D eigenvalue weighted by molar-refractivity contribution is 5.96. The van der Waals surface area contributed by atoms with Crippen LogP contribution >= 0.6 is 0 Å². The van der Waals surface area contributed by atoms with Gasteiger partial charge in [-0.2, -0.15) is 0 Å². The third kappa shape index (κ3) is 25.1. The van der Waals surface area contributed by atoms with Crippen LogP contribution in [-0.4, -0.2) is 109 Å². The molecule has 14 heteroatoms. The molecule has 0 heterocycles. The van der Waals surface area contributed by atoms with Gasteiger partial charge in [0.2, 0.25) is 0 Å². The van der Waals surface area contributed by atoms with Crippen LogP contribution in [0.1, 0.15) is 112 Å². The molecular weight excluding hydrogens is 724 g/mol. The summed E-state index contributed by atoms with van der Waals surface area (Å²) in [5.74, 6) is -0.995. The highest BCUT2D eigenvalue weighted by Gasteiger charge is 2.13. The molecule has 2 rings (SSSR count). The second-order valence-corrected chi connectivity index (χ2v) is 12.7. The number of carbonyl (C=O) groups excluding carboxylic acids is 2. The number of aliphatic carboxylic acids is 2. The van der Waals surface area contributed by atoms with Crippen LogP contribution in [0.3, 0.4) is 0 Å². The number of carboxylic acid groups (broad SMARTS) is 2. The van der Waals surface area contributed by atoms with E-state index in [1.165, 1.54) is 0 Å². The predicted molar refractivity (Wildman–Crippen MR) is 216 cm³/mol. The number of carboxylic acids is 2. The molecule has 2 atom stereocenters. The van der Waals surface area contributed by atoms with E-state index in [1.807, 2.05) is 39.8 Å². The lowest BCUT2D eigenvalue weighted by atomic mass is 10.1. The SMILES string of the molecule is CCCNCC(O)COc1ccc(C(=O)CC)cc1COCCC.CCCNCC(O)COc1ccc(C(=O)CC)cc1COCCC.O=C(O)/C=C/C(=O)O. The monoisotopic (exact) mass is 790 g/mol. The van der Waals surface area contributed by atoms with Gasteiger partial charge in [-0.25, -0.2) is 9.59 Å². The first-order valence-electron chi connectivity index (χ1n) is 19.5. The van der Waals surface area contributed by atoms with Crippen LogP contribution in [0.5, 0.6) is 11.5 Å². The number of carbonyl (C=O) groups is 4. The van der Waals surface area contributed by atoms with Crippen molar-refractivity contribution < 1.29 is 58.6 Å². The Kier molecular flexibility index (Phi) is 30.5. The van der Waals surface area contributed by atoms with Gasteiger partial charge in [-0.1, -0.05) is 41.5 Å². The fourth-order valence-electron chi connectivity index (χ4n) is 4.60. The van der Waals surface area contributed by atoms with Crippen LogP contribution < -0.4 is 20.1 Å². The maximum absolute atomic E-state index is 11.9. The minimum Gasteiger partial charge on any atom is -0.490 e. The molecule has 56 heavy (non-hydrogen) atoms. The second-order valence-electron chi connectivity index (χ2n) is 12.7. The van der Waals surface area contributed by atoms with Gasteiger partial charge in [-0.05, 0) is 75.2 Å². The summed E-state index contributed by atoms with van der Waals surface area (Å²) < 4.78 is 22.7. The first-order chi connectivity index (χ1) is 26.9. The van der Waals surface area contributed by atoms with Gasteiger partial charge in [0.1, 0.15) is 36.9 Å². The van der Waals surface area contributed by atoms with Gasteiger partial charge in [-0.3, -0.25) is 9.59 Å². The van der Waals surface area contributed by atoms with Gasteiger partial charge in [-0.15, -0.1) is 0 Å². The average Bonchev–Trinajstić information content (AvgIpc) is 3.19. The van der Waals surface area contributed by atoms with Gasteiger partial charge in [0.25, 0.3) is 0 Å². The van der Waals surface area contributed by atoms with Crippen molar-refractivity contribution in [1.82, 2.24) is 10.6 Å². The molecule has 6 N–H and O–H groups in total. The number of ketones is 2. The molecule has 0 saturated heterocycles. The molecule has 316 valence electrons. The number of hydrogen-bond donors (Lipinski definition) is 6. The Bertz CT molecular complexity index is 1330. The van der Waals surface area contributed by atoms with Gasteiger partial charge >= 0.3 is 11.9 Å². The zero-order valence-corrected chi connectivity index (χ0v) is 34.1. The number of rotatable bonds is 28. The minimum absolute atomic E-state index is 0.0992. The lowest BCUT2D eigenvalue weighted by Gasteiger charge is -2.16. The van der Waals surface area contributed by atoms with Crippen LogP contribution in [0.4, 0.5) is 0 Å². The zero-order valence-electron chi connectivity index (χ0n) is 34.1. The topological polar surface area (TPSA) is 210 Å². The van der Waals surface area contributed by atoms with E-state index in [0.717, 1.165) is 49.9 Å². The molecule has 0 aliphatic rings. The van der Waals surface area contributed by atoms with Crippen LogP contribution in [0.25, 0.3) is 0 Å². The molecule has 0 aliphatic carbocycles. The third-order valence-electron chi connectivity index (χ3n) is 7.46. The third-order valence-corrected chi connectivity index (χ3v) is 7.46. The molecule has 0 fully saturated rings. The summed E-state index contributed by atoms with van der Waals surface area (Å²) in [7, 11) is 0. The fraction of sp³-hybridized carbons (Fsp3) is 0.571. The highest BCUT2D eigenvalue weighted by Crippen LogP contribution is 2.24. The number of hydrogen-bond acceptors (Lipinski definition) is 12. The standard InChI is InChI=1S/2C19H31NO4.C4H4O4/c2*1-4-9-20-12-17(21)14-24-19-8-7-15(18(22)6-3)11-16(19)13-23-10-5-2;5-3(6)1-2-4(7)8/h2*7-8,11,17,20-21H,4-6,9-10,12-14H2,1-3H3;1-2H,(H,5,6)(H,7,8)/b;;2-1+. The average molecular weight is 791 g/mol. The second kappa shape index (κ2) is 33.0. The van der Waals surface area contributed by atoms with Gasteiger partial charge < -0.3 is 50.0 Å². The number of benzene rings is 2. The van der Waals surface area contributed by atoms with Crippen LogP contribution in [0.2, 0.25) is 0 Å². The molecule has 0 radical (unpaired) electrons. The normalized spacial score (nSPS) is 11.8. The van der Waals surface area contributed by atoms with Crippen molar-refractivity contribution in [1.29, 1.82) is 0 Å². The highest BCUT2D eigenvalue weighted by atomic mass is 16.5. The molecule has 0 aromatic heterocycles. The maximum Gasteiger partial charge on any atom is 0.328 e. The van der Waals surface area contributed by atoms with Crippen LogP contribution in [-0.2, 0) is 32.3 Å². The van der Waals surface area contributed by atoms with E-state index in [-0.39, 0.29) is 24.8 Å². The Hall–Kier alpha value is -4.18. The van der Waals surface area contributed by atoms with Crippen LogP contribution in [0, 0.1) is 0 Å². The van der Waals surface area contributed by atoms with E-state index >= 15 is 0 Å². The summed E-state index contributed by atoms with van der Waals surface area (Å²) in [5, 5.41) is 41.8. The first-order valence-corrected chi connectivity index (χ1v) is 19.5. The zero-order chi connectivity index (χ0) is 42.1. The molecule has 2 aromatic carbocycles. The van der Waals surface area contributed by atoms with Crippen molar-refractivity contribution in [2.45, 2.75) is 105 Å². The van der Waals surface area contributed by atoms with E-state index in [2.05, 4.69) is 24.5 Å². The number of Topliss-reactive ketones (excluding diaryl/α,β-unsaturated/α-hetero) is 2. The van der Waals surface area contributed by atoms with Crippen LogP contribution in [0.15, 0.2) is 48.6 Å². The minimum atomic E-state index is -1.26. The van der Waals surface area contributed by atoms with Gasteiger partial charge in [0, 0.05) is 73.6 Å². The van der Waals surface area contributed by atoms with Crippen molar-refractivity contribution in [2.24, 2.45) is 0 Å². The molecule has 2 unspecified atom stereocenters. The molecule has 2 aromatic rings. The summed E-state index contributed by atoms with van der Waals surface area (Å²) in [6.45, 7) is 17.2. The molecular formula is C42H66N2O12. The summed E-state index contributed by atoms with van der Waals surface area (Å²) in [4.78, 5) is 42.9. The van der Waals surface area contributed by atoms with E-state index in [9.17, 15) is 29.4 Å². The molecule has 0 spiro atoms. The number of aliphatic hydroxyl groups excluding tert-OH is 2.